The number of methoxy groups -OCH3 is 1. The van der Waals surface area contributed by atoms with Crippen LogP contribution in [0.5, 0.6) is 5.88 Å². The molecule has 0 saturated heterocycles. The number of hydrogen-bond acceptors (Lipinski definition) is 3. The predicted octanol–water partition coefficient (Wildman–Crippen LogP) is 2.99. The van der Waals surface area contributed by atoms with Crippen LogP contribution >= 0.6 is 11.6 Å². The average Bonchev–Trinajstić information content (AvgIpc) is 2.94. The third-order valence-electron chi connectivity index (χ3n) is 3.25. The maximum atomic E-state index is 11.3. The lowest BCUT2D eigenvalue weighted by Gasteiger charge is -2.09. The summed E-state index contributed by atoms with van der Waals surface area (Å²) < 4.78 is 5.14. The molecule has 0 aliphatic rings. The fourth-order valence-electron chi connectivity index (χ4n) is 2.28. The van der Waals surface area contributed by atoms with Crippen molar-refractivity contribution in [1.82, 2.24) is 9.97 Å². The number of nitrogens with one attached hydrogen (secondary N) is 1. The summed E-state index contributed by atoms with van der Waals surface area (Å²) in [7, 11) is 1.44. The second kappa shape index (κ2) is 5.10. The molecule has 6 heteroatoms. The number of pyridine rings is 1. The Morgan fingerprint density at radius 2 is 2.10 bits per heavy atom. The molecule has 1 amide bonds. The van der Waals surface area contributed by atoms with Gasteiger partial charge in [0, 0.05) is 17.1 Å². The van der Waals surface area contributed by atoms with Gasteiger partial charge in [-0.15, -0.1) is 0 Å². The molecule has 1 aromatic carbocycles. The number of fused-ring (bicyclic) bond motifs is 1. The highest BCUT2D eigenvalue weighted by Crippen LogP contribution is 2.34. The summed E-state index contributed by atoms with van der Waals surface area (Å²) in [5.41, 5.74) is 7.77. The van der Waals surface area contributed by atoms with Crippen molar-refractivity contribution in [3.05, 3.63) is 47.1 Å². The van der Waals surface area contributed by atoms with Crippen molar-refractivity contribution >= 4 is 28.4 Å². The number of halogens is 1. The number of ether oxygens (including phenoxy) is 1. The van der Waals surface area contributed by atoms with Gasteiger partial charge in [0.2, 0.25) is 5.88 Å². The Morgan fingerprint density at radius 3 is 2.81 bits per heavy atom. The van der Waals surface area contributed by atoms with Gasteiger partial charge in [-0.05, 0) is 24.3 Å². The van der Waals surface area contributed by atoms with Gasteiger partial charge >= 0.3 is 0 Å². The zero-order chi connectivity index (χ0) is 15.0. The summed E-state index contributed by atoms with van der Waals surface area (Å²) in [5.74, 6) is -0.408. The SMILES string of the molecule is COc1nc(-c2c(Cl)ccc3cc[nH]c23)ccc1C(N)=O. The number of nitrogens with zero attached hydrogens (tertiary/aromatic N) is 1. The molecule has 0 radical (unpaired) electrons. The lowest BCUT2D eigenvalue weighted by Crippen LogP contribution is -2.13. The van der Waals surface area contributed by atoms with E-state index in [0.717, 1.165) is 16.5 Å². The van der Waals surface area contributed by atoms with Gasteiger partial charge in [0.25, 0.3) is 5.91 Å². The minimum absolute atomic E-state index is 0.180. The quantitative estimate of drug-likeness (QED) is 0.780. The number of aromatic amines is 1. The first-order chi connectivity index (χ1) is 10.1. The summed E-state index contributed by atoms with van der Waals surface area (Å²) >= 11 is 6.30. The molecule has 0 aliphatic heterocycles. The Labute approximate surface area is 125 Å². The first kappa shape index (κ1) is 13.5. The zero-order valence-electron chi connectivity index (χ0n) is 11.2. The Kier molecular flexibility index (Phi) is 3.27. The molecule has 2 aromatic heterocycles. The third kappa shape index (κ3) is 2.21. The lowest BCUT2D eigenvalue weighted by atomic mass is 10.1. The standard InChI is InChI=1S/C15H12ClN3O2/c1-21-15-9(14(17)20)3-5-11(19-15)12-10(16)4-2-8-6-7-18-13(8)12/h2-7,18H,1H3,(H2,17,20). The Morgan fingerprint density at radius 1 is 1.29 bits per heavy atom. The number of carbonyl (C=O) groups is 1. The van der Waals surface area contributed by atoms with E-state index in [2.05, 4.69) is 9.97 Å². The molecule has 21 heavy (non-hydrogen) atoms. The highest BCUT2D eigenvalue weighted by atomic mass is 35.5. The number of rotatable bonds is 3. The van der Waals surface area contributed by atoms with Crippen LogP contribution in [0, 0.1) is 0 Å². The average molecular weight is 302 g/mol. The first-order valence-electron chi connectivity index (χ1n) is 6.22. The molecular weight excluding hydrogens is 290 g/mol. The molecule has 106 valence electrons. The summed E-state index contributed by atoms with van der Waals surface area (Å²) in [6.45, 7) is 0. The van der Waals surface area contributed by atoms with Crippen LogP contribution in [0.3, 0.4) is 0 Å². The largest absolute Gasteiger partial charge is 0.480 e. The zero-order valence-corrected chi connectivity index (χ0v) is 11.9. The van der Waals surface area contributed by atoms with E-state index >= 15 is 0 Å². The minimum Gasteiger partial charge on any atom is -0.480 e. The lowest BCUT2D eigenvalue weighted by molar-refractivity contribution is 0.0996. The van der Waals surface area contributed by atoms with Crippen LogP contribution in [0.15, 0.2) is 36.5 Å². The Balaban J connectivity index is 2.26. The van der Waals surface area contributed by atoms with Crippen molar-refractivity contribution in [2.45, 2.75) is 0 Å². The van der Waals surface area contributed by atoms with E-state index in [4.69, 9.17) is 22.1 Å². The number of aromatic nitrogens is 2. The van der Waals surface area contributed by atoms with Crippen LogP contribution in [0.2, 0.25) is 5.02 Å². The summed E-state index contributed by atoms with van der Waals surface area (Å²) in [5, 5.41) is 1.58. The fourth-order valence-corrected chi connectivity index (χ4v) is 2.53. The van der Waals surface area contributed by atoms with Crippen LogP contribution < -0.4 is 10.5 Å². The molecule has 0 bridgehead atoms. The van der Waals surface area contributed by atoms with Crippen LogP contribution in [-0.4, -0.2) is 23.0 Å². The van der Waals surface area contributed by atoms with Crippen LogP contribution in [-0.2, 0) is 0 Å². The molecule has 0 unspecified atom stereocenters. The van der Waals surface area contributed by atoms with Crippen molar-refractivity contribution in [2.75, 3.05) is 7.11 Å². The normalized spacial score (nSPS) is 10.8. The number of primary amides is 1. The van der Waals surface area contributed by atoms with Crippen molar-refractivity contribution in [2.24, 2.45) is 5.73 Å². The third-order valence-corrected chi connectivity index (χ3v) is 3.57. The number of H-pyrrole nitrogens is 1. The second-order valence-electron chi connectivity index (χ2n) is 4.48. The van der Waals surface area contributed by atoms with E-state index in [1.165, 1.54) is 7.11 Å². The molecule has 2 heterocycles. The van der Waals surface area contributed by atoms with E-state index in [-0.39, 0.29) is 11.4 Å². The summed E-state index contributed by atoms with van der Waals surface area (Å²) in [4.78, 5) is 18.8. The van der Waals surface area contributed by atoms with Gasteiger partial charge in [0.1, 0.15) is 5.56 Å². The fraction of sp³-hybridized carbons (Fsp3) is 0.0667. The molecule has 3 N–H and O–H groups in total. The van der Waals surface area contributed by atoms with Gasteiger partial charge in [-0.2, -0.15) is 0 Å². The van der Waals surface area contributed by atoms with Gasteiger partial charge < -0.3 is 15.5 Å². The molecule has 5 nitrogen and oxygen atoms in total. The van der Waals surface area contributed by atoms with Gasteiger partial charge in [-0.3, -0.25) is 4.79 Å². The van der Waals surface area contributed by atoms with Gasteiger partial charge in [0.15, 0.2) is 0 Å². The molecule has 3 aromatic rings. The van der Waals surface area contributed by atoms with E-state index < -0.39 is 5.91 Å². The van der Waals surface area contributed by atoms with E-state index in [9.17, 15) is 4.79 Å². The molecule has 0 atom stereocenters. The minimum atomic E-state index is -0.588. The maximum Gasteiger partial charge on any atom is 0.254 e. The molecule has 3 rings (SSSR count). The van der Waals surface area contributed by atoms with Gasteiger partial charge in [-0.25, -0.2) is 4.98 Å². The number of benzene rings is 1. The molecule has 0 spiro atoms. The van der Waals surface area contributed by atoms with Crippen LogP contribution in [0.1, 0.15) is 10.4 Å². The smallest absolute Gasteiger partial charge is 0.254 e. The maximum absolute atomic E-state index is 11.3. The van der Waals surface area contributed by atoms with Crippen molar-refractivity contribution < 1.29 is 9.53 Å². The highest BCUT2D eigenvalue weighted by Gasteiger charge is 2.16. The van der Waals surface area contributed by atoms with Gasteiger partial charge in [0.05, 0.1) is 23.3 Å². The first-order valence-corrected chi connectivity index (χ1v) is 6.60. The molecule has 0 saturated carbocycles. The van der Waals surface area contributed by atoms with E-state index in [1.807, 2.05) is 24.4 Å². The molecular formula is C15H12ClN3O2. The Hall–Kier alpha value is -2.53. The monoisotopic (exact) mass is 301 g/mol. The van der Waals surface area contributed by atoms with Crippen LogP contribution in [0.25, 0.3) is 22.2 Å². The van der Waals surface area contributed by atoms with Crippen molar-refractivity contribution in [1.29, 1.82) is 0 Å². The summed E-state index contributed by atoms with van der Waals surface area (Å²) in [6.07, 6.45) is 1.83. The number of nitrogens with two attached hydrogens (primary N) is 1. The van der Waals surface area contributed by atoms with E-state index in [1.54, 1.807) is 12.1 Å². The molecule has 0 aliphatic carbocycles. The van der Waals surface area contributed by atoms with Crippen molar-refractivity contribution in [3.63, 3.8) is 0 Å². The second-order valence-corrected chi connectivity index (χ2v) is 4.89. The number of amides is 1. The summed E-state index contributed by atoms with van der Waals surface area (Å²) in [6, 6.07) is 8.96. The number of hydrogen-bond donors (Lipinski definition) is 2. The van der Waals surface area contributed by atoms with E-state index in [0.29, 0.717) is 10.7 Å². The number of carbonyl (C=O) groups excluding carboxylic acids is 1. The predicted molar refractivity (Wildman–Crippen MR) is 81.6 cm³/mol. The Bertz CT molecular complexity index is 842. The van der Waals surface area contributed by atoms with Gasteiger partial charge in [-0.1, -0.05) is 17.7 Å². The molecule has 0 fully saturated rings. The highest BCUT2D eigenvalue weighted by molar-refractivity contribution is 6.34. The van der Waals surface area contributed by atoms with Crippen LogP contribution in [0.4, 0.5) is 0 Å². The topological polar surface area (TPSA) is 81.0 Å². The van der Waals surface area contributed by atoms with Crippen molar-refractivity contribution in [3.8, 4) is 17.1 Å².